The Morgan fingerprint density at radius 3 is 2.94 bits per heavy atom. The second-order valence-electron chi connectivity index (χ2n) is 2.86. The van der Waals surface area contributed by atoms with E-state index in [9.17, 15) is 4.79 Å². The van der Waals surface area contributed by atoms with E-state index in [0.29, 0.717) is 5.69 Å². The van der Waals surface area contributed by atoms with Crippen LogP contribution < -0.4 is 0 Å². The van der Waals surface area contributed by atoms with Crippen molar-refractivity contribution in [1.29, 1.82) is 0 Å². The van der Waals surface area contributed by atoms with Crippen LogP contribution in [0.1, 0.15) is 10.5 Å². The zero-order valence-electron chi connectivity index (χ0n) is 8.29. The first kappa shape index (κ1) is 10.6. The minimum absolute atomic E-state index is 0.0769. The third kappa shape index (κ3) is 1.87. The van der Waals surface area contributed by atoms with E-state index < -0.39 is 5.97 Å². The highest BCUT2D eigenvalue weighted by Crippen LogP contribution is 2.17. The molecule has 0 aliphatic rings. The Balaban J connectivity index is 2.41. The van der Waals surface area contributed by atoms with Crippen LogP contribution >= 0.6 is 11.6 Å². The zero-order valence-corrected chi connectivity index (χ0v) is 9.05. The van der Waals surface area contributed by atoms with Gasteiger partial charge in [0.25, 0.3) is 0 Å². The number of pyridine rings is 1. The van der Waals surface area contributed by atoms with Gasteiger partial charge in [-0.2, -0.15) is 0 Å². The standard InChI is InChI=1S/C9H7ClN4O2/c1-16-9(15)8-7(10)4-6(5-11-8)14-3-2-12-13-14/h2-5H,1H3. The summed E-state index contributed by atoms with van der Waals surface area (Å²) >= 11 is 5.90. The van der Waals surface area contributed by atoms with Crippen molar-refractivity contribution in [1.82, 2.24) is 20.0 Å². The van der Waals surface area contributed by atoms with E-state index in [2.05, 4.69) is 20.0 Å². The molecule has 0 aromatic carbocycles. The van der Waals surface area contributed by atoms with Crippen LogP contribution in [0.2, 0.25) is 5.02 Å². The molecule has 82 valence electrons. The van der Waals surface area contributed by atoms with E-state index in [1.165, 1.54) is 24.2 Å². The van der Waals surface area contributed by atoms with Crippen molar-refractivity contribution in [2.24, 2.45) is 0 Å². The highest BCUT2D eigenvalue weighted by Gasteiger charge is 2.13. The Morgan fingerprint density at radius 2 is 2.38 bits per heavy atom. The predicted octanol–water partition coefficient (Wildman–Crippen LogP) is 1.10. The molecule has 2 aromatic rings. The molecule has 0 radical (unpaired) electrons. The highest BCUT2D eigenvalue weighted by molar-refractivity contribution is 6.33. The van der Waals surface area contributed by atoms with Crippen molar-refractivity contribution in [2.75, 3.05) is 7.11 Å². The minimum Gasteiger partial charge on any atom is -0.464 e. The van der Waals surface area contributed by atoms with E-state index in [-0.39, 0.29) is 10.7 Å². The van der Waals surface area contributed by atoms with E-state index >= 15 is 0 Å². The number of carbonyl (C=O) groups excluding carboxylic acids is 1. The maximum atomic E-state index is 11.2. The van der Waals surface area contributed by atoms with Gasteiger partial charge in [0, 0.05) is 0 Å². The molecular weight excluding hydrogens is 232 g/mol. The van der Waals surface area contributed by atoms with Crippen molar-refractivity contribution < 1.29 is 9.53 Å². The normalized spacial score (nSPS) is 10.1. The van der Waals surface area contributed by atoms with Crippen LogP contribution in [-0.2, 0) is 4.74 Å². The Hall–Kier alpha value is -1.95. The quantitative estimate of drug-likeness (QED) is 0.733. The third-order valence-corrected chi connectivity index (χ3v) is 2.18. The number of hydrogen-bond donors (Lipinski definition) is 0. The monoisotopic (exact) mass is 238 g/mol. The van der Waals surface area contributed by atoms with Crippen LogP contribution in [-0.4, -0.2) is 33.1 Å². The second-order valence-corrected chi connectivity index (χ2v) is 3.27. The second kappa shape index (κ2) is 4.28. The van der Waals surface area contributed by atoms with Gasteiger partial charge in [0.15, 0.2) is 5.69 Å². The molecule has 0 saturated carbocycles. The van der Waals surface area contributed by atoms with E-state index in [4.69, 9.17) is 11.6 Å². The third-order valence-electron chi connectivity index (χ3n) is 1.89. The van der Waals surface area contributed by atoms with Crippen LogP contribution in [0.15, 0.2) is 24.7 Å². The number of methoxy groups -OCH3 is 1. The van der Waals surface area contributed by atoms with Gasteiger partial charge in [-0.1, -0.05) is 16.8 Å². The zero-order chi connectivity index (χ0) is 11.5. The largest absolute Gasteiger partial charge is 0.464 e. The van der Waals surface area contributed by atoms with Gasteiger partial charge < -0.3 is 4.74 Å². The first-order valence-corrected chi connectivity index (χ1v) is 4.70. The summed E-state index contributed by atoms with van der Waals surface area (Å²) in [6.07, 6.45) is 4.64. The van der Waals surface area contributed by atoms with E-state index in [0.717, 1.165) is 0 Å². The van der Waals surface area contributed by atoms with Crippen LogP contribution in [0.25, 0.3) is 5.69 Å². The van der Waals surface area contributed by atoms with Gasteiger partial charge in [-0.05, 0) is 6.07 Å². The summed E-state index contributed by atoms with van der Waals surface area (Å²) in [4.78, 5) is 15.1. The molecule has 0 aliphatic carbocycles. The number of carbonyl (C=O) groups is 1. The molecule has 0 fully saturated rings. The lowest BCUT2D eigenvalue weighted by atomic mass is 10.3. The number of nitrogens with zero attached hydrogens (tertiary/aromatic N) is 4. The van der Waals surface area contributed by atoms with Crippen molar-refractivity contribution in [3.05, 3.63) is 35.4 Å². The molecule has 0 amide bonds. The number of hydrogen-bond acceptors (Lipinski definition) is 5. The first-order chi connectivity index (χ1) is 7.72. The molecule has 0 atom stereocenters. The minimum atomic E-state index is -0.574. The van der Waals surface area contributed by atoms with Gasteiger partial charge >= 0.3 is 5.97 Å². The number of halogens is 1. The smallest absolute Gasteiger partial charge is 0.358 e. The number of rotatable bonds is 2. The maximum Gasteiger partial charge on any atom is 0.358 e. The van der Waals surface area contributed by atoms with Gasteiger partial charge in [-0.3, -0.25) is 0 Å². The topological polar surface area (TPSA) is 69.9 Å². The Labute approximate surface area is 95.8 Å². The summed E-state index contributed by atoms with van der Waals surface area (Å²) in [7, 11) is 1.27. The van der Waals surface area contributed by atoms with Crippen LogP contribution in [0.3, 0.4) is 0 Å². The first-order valence-electron chi connectivity index (χ1n) is 4.33. The Morgan fingerprint density at radius 1 is 1.56 bits per heavy atom. The van der Waals surface area contributed by atoms with E-state index in [1.54, 1.807) is 12.3 Å². The molecule has 2 aromatic heterocycles. The summed E-state index contributed by atoms with van der Waals surface area (Å²) in [5, 5.41) is 7.63. The van der Waals surface area contributed by atoms with Crippen LogP contribution in [0.4, 0.5) is 0 Å². The molecule has 0 N–H and O–H groups in total. The molecule has 16 heavy (non-hydrogen) atoms. The van der Waals surface area contributed by atoms with Crippen LogP contribution in [0, 0.1) is 0 Å². The molecule has 0 bridgehead atoms. The van der Waals surface area contributed by atoms with Gasteiger partial charge in [0.05, 0.1) is 36.4 Å². The summed E-state index contributed by atoms with van der Waals surface area (Å²) in [6, 6.07) is 1.56. The predicted molar refractivity (Wildman–Crippen MR) is 55.5 cm³/mol. The molecule has 2 rings (SSSR count). The lowest BCUT2D eigenvalue weighted by molar-refractivity contribution is 0.0594. The number of esters is 1. The summed E-state index contributed by atoms with van der Waals surface area (Å²) in [5.74, 6) is -0.574. The summed E-state index contributed by atoms with van der Waals surface area (Å²) in [5.41, 5.74) is 0.697. The van der Waals surface area contributed by atoms with Gasteiger partial charge in [0.2, 0.25) is 0 Å². The fourth-order valence-corrected chi connectivity index (χ4v) is 1.38. The average molecular weight is 239 g/mol. The van der Waals surface area contributed by atoms with Crippen molar-refractivity contribution >= 4 is 17.6 Å². The van der Waals surface area contributed by atoms with Gasteiger partial charge in [-0.25, -0.2) is 14.5 Å². The molecule has 0 spiro atoms. The number of ether oxygens (including phenoxy) is 1. The lowest BCUT2D eigenvalue weighted by Gasteiger charge is -2.03. The van der Waals surface area contributed by atoms with Gasteiger partial charge in [-0.15, -0.1) is 5.10 Å². The SMILES string of the molecule is COC(=O)c1ncc(-n2ccnn2)cc1Cl. The Bertz CT molecular complexity index is 512. The molecule has 0 aliphatic heterocycles. The molecule has 7 heteroatoms. The lowest BCUT2D eigenvalue weighted by Crippen LogP contribution is -2.06. The van der Waals surface area contributed by atoms with Crippen molar-refractivity contribution in [3.63, 3.8) is 0 Å². The summed E-state index contributed by atoms with van der Waals surface area (Å²) in [6.45, 7) is 0. The van der Waals surface area contributed by atoms with Gasteiger partial charge in [0.1, 0.15) is 0 Å². The molecule has 2 heterocycles. The summed E-state index contributed by atoms with van der Waals surface area (Å²) < 4.78 is 6.01. The maximum absolute atomic E-state index is 11.2. The Kier molecular flexibility index (Phi) is 2.82. The highest BCUT2D eigenvalue weighted by atomic mass is 35.5. The fraction of sp³-hybridized carbons (Fsp3) is 0.111. The molecule has 6 nitrogen and oxygen atoms in total. The van der Waals surface area contributed by atoms with Crippen LogP contribution in [0.5, 0.6) is 0 Å². The molecule has 0 unspecified atom stereocenters. The van der Waals surface area contributed by atoms with E-state index in [1.807, 2.05) is 0 Å². The van der Waals surface area contributed by atoms with Crippen molar-refractivity contribution in [3.8, 4) is 5.69 Å². The molecular formula is C9H7ClN4O2. The average Bonchev–Trinajstić information content (AvgIpc) is 2.81. The van der Waals surface area contributed by atoms with Crippen molar-refractivity contribution in [2.45, 2.75) is 0 Å². The molecule has 0 saturated heterocycles. The fourth-order valence-electron chi connectivity index (χ4n) is 1.15. The number of aromatic nitrogens is 4.